The van der Waals surface area contributed by atoms with Crippen LogP contribution in [0.5, 0.6) is 0 Å². The van der Waals surface area contributed by atoms with Gasteiger partial charge in [0.1, 0.15) is 0 Å². The molecule has 1 saturated carbocycles. The van der Waals surface area contributed by atoms with Gasteiger partial charge in [0, 0.05) is 20.8 Å². The zero-order chi connectivity index (χ0) is 12.8. The van der Waals surface area contributed by atoms with Gasteiger partial charge in [0.15, 0.2) is 0 Å². The van der Waals surface area contributed by atoms with Crippen LogP contribution in [-0.4, -0.2) is 12.1 Å². The van der Waals surface area contributed by atoms with Crippen LogP contribution in [-0.2, 0) is 6.54 Å². The lowest BCUT2D eigenvalue weighted by atomic mass is 10.1. The average Bonchev–Trinajstić information content (AvgIpc) is 2.60. The average molecular weight is 331 g/mol. The summed E-state index contributed by atoms with van der Waals surface area (Å²) < 4.78 is 1.08. The molecule has 1 aromatic rings. The molecule has 18 heavy (non-hydrogen) atoms. The predicted octanol–water partition coefficient (Wildman–Crippen LogP) is 4.03. The van der Waals surface area contributed by atoms with Gasteiger partial charge in [-0.1, -0.05) is 25.7 Å². The summed E-state index contributed by atoms with van der Waals surface area (Å²) in [6, 6.07) is 2.37. The van der Waals surface area contributed by atoms with E-state index in [4.69, 9.17) is 0 Å². The minimum absolute atomic E-state index is 0.0357. The second-order valence-electron chi connectivity index (χ2n) is 4.75. The molecular weight excluding hydrogens is 312 g/mol. The first-order valence-electron chi connectivity index (χ1n) is 6.51. The summed E-state index contributed by atoms with van der Waals surface area (Å²) in [5, 5.41) is 8.03. The van der Waals surface area contributed by atoms with Crippen LogP contribution in [0.4, 0.5) is 4.79 Å². The zero-order valence-electron chi connectivity index (χ0n) is 10.4. The van der Waals surface area contributed by atoms with Crippen LogP contribution in [0.15, 0.2) is 15.9 Å². The SMILES string of the molecule is O=C(NCc1cc(Br)cs1)NC1CCCCCC1. The number of carbonyl (C=O) groups is 1. The molecule has 0 spiro atoms. The van der Waals surface area contributed by atoms with Crippen LogP contribution < -0.4 is 10.6 Å². The quantitative estimate of drug-likeness (QED) is 0.807. The van der Waals surface area contributed by atoms with Gasteiger partial charge in [0.25, 0.3) is 0 Å². The van der Waals surface area contributed by atoms with Crippen molar-refractivity contribution in [1.82, 2.24) is 10.6 Å². The topological polar surface area (TPSA) is 41.1 Å². The molecule has 100 valence electrons. The molecular formula is C13H19BrN2OS. The van der Waals surface area contributed by atoms with E-state index >= 15 is 0 Å². The second-order valence-corrected chi connectivity index (χ2v) is 6.66. The Kier molecular flexibility index (Phi) is 5.50. The smallest absolute Gasteiger partial charge is 0.315 e. The number of nitrogens with one attached hydrogen (secondary N) is 2. The molecule has 1 fully saturated rings. The highest BCUT2D eigenvalue weighted by Gasteiger charge is 2.14. The number of hydrogen-bond acceptors (Lipinski definition) is 2. The van der Waals surface area contributed by atoms with Gasteiger partial charge in [0.2, 0.25) is 0 Å². The minimum Gasteiger partial charge on any atom is -0.335 e. The van der Waals surface area contributed by atoms with Crippen molar-refractivity contribution in [3.8, 4) is 0 Å². The van der Waals surface area contributed by atoms with Gasteiger partial charge in [-0.05, 0) is 34.8 Å². The van der Waals surface area contributed by atoms with E-state index in [0.717, 1.165) is 22.2 Å². The lowest BCUT2D eigenvalue weighted by Gasteiger charge is -2.16. The zero-order valence-corrected chi connectivity index (χ0v) is 12.8. The molecule has 0 bridgehead atoms. The summed E-state index contributed by atoms with van der Waals surface area (Å²) in [4.78, 5) is 12.9. The number of rotatable bonds is 3. The molecule has 2 N–H and O–H groups in total. The Hall–Kier alpha value is -0.550. The molecule has 0 saturated heterocycles. The Bertz CT molecular complexity index is 386. The normalized spacial score (nSPS) is 17.2. The standard InChI is InChI=1S/C13H19BrN2OS/c14-10-7-12(18-9-10)8-15-13(17)16-11-5-3-1-2-4-6-11/h7,9,11H,1-6,8H2,(H2,15,16,17). The summed E-state index contributed by atoms with van der Waals surface area (Å²) in [5.41, 5.74) is 0. The van der Waals surface area contributed by atoms with E-state index < -0.39 is 0 Å². The number of hydrogen-bond donors (Lipinski definition) is 2. The Morgan fingerprint density at radius 1 is 1.33 bits per heavy atom. The highest BCUT2D eigenvalue weighted by molar-refractivity contribution is 9.10. The van der Waals surface area contributed by atoms with E-state index in [-0.39, 0.29) is 6.03 Å². The molecule has 3 nitrogen and oxygen atoms in total. The van der Waals surface area contributed by atoms with Crippen molar-refractivity contribution < 1.29 is 4.79 Å². The Balaban J connectivity index is 1.71. The van der Waals surface area contributed by atoms with Crippen LogP contribution >= 0.6 is 27.3 Å². The maximum Gasteiger partial charge on any atom is 0.315 e. The van der Waals surface area contributed by atoms with E-state index in [2.05, 4.69) is 26.6 Å². The number of urea groups is 1. The van der Waals surface area contributed by atoms with Crippen molar-refractivity contribution in [3.63, 3.8) is 0 Å². The molecule has 0 unspecified atom stereocenters. The molecule has 1 aliphatic rings. The molecule has 0 atom stereocenters. The molecule has 5 heteroatoms. The van der Waals surface area contributed by atoms with Crippen molar-refractivity contribution in [2.45, 2.75) is 51.1 Å². The van der Waals surface area contributed by atoms with Crippen molar-refractivity contribution >= 4 is 33.3 Å². The van der Waals surface area contributed by atoms with Gasteiger partial charge >= 0.3 is 6.03 Å². The van der Waals surface area contributed by atoms with Crippen molar-refractivity contribution in [1.29, 1.82) is 0 Å². The van der Waals surface area contributed by atoms with Crippen LogP contribution in [0, 0.1) is 0 Å². The molecule has 0 aliphatic heterocycles. The summed E-state index contributed by atoms with van der Waals surface area (Å²) in [5.74, 6) is 0. The molecule has 0 radical (unpaired) electrons. The highest BCUT2D eigenvalue weighted by Crippen LogP contribution is 2.19. The van der Waals surface area contributed by atoms with Gasteiger partial charge < -0.3 is 10.6 Å². The number of carbonyl (C=O) groups excluding carboxylic acids is 1. The van der Waals surface area contributed by atoms with Crippen molar-refractivity contribution in [2.24, 2.45) is 0 Å². The summed E-state index contributed by atoms with van der Waals surface area (Å²) in [6.45, 7) is 0.606. The van der Waals surface area contributed by atoms with E-state index in [0.29, 0.717) is 12.6 Å². The molecule has 1 aliphatic carbocycles. The molecule has 2 rings (SSSR count). The lowest BCUT2D eigenvalue weighted by Crippen LogP contribution is -2.41. The summed E-state index contributed by atoms with van der Waals surface area (Å²) >= 11 is 5.06. The first-order chi connectivity index (χ1) is 8.74. The van der Waals surface area contributed by atoms with E-state index in [9.17, 15) is 4.79 Å². The van der Waals surface area contributed by atoms with E-state index in [1.807, 2.05) is 11.4 Å². The van der Waals surface area contributed by atoms with E-state index in [1.165, 1.54) is 25.7 Å². The molecule has 2 amide bonds. The fourth-order valence-corrected chi connectivity index (χ4v) is 3.66. The first kappa shape index (κ1) is 13.9. The number of thiophene rings is 1. The second kappa shape index (κ2) is 7.14. The monoisotopic (exact) mass is 330 g/mol. The van der Waals surface area contributed by atoms with Crippen LogP contribution in [0.2, 0.25) is 0 Å². The van der Waals surface area contributed by atoms with Gasteiger partial charge in [-0.15, -0.1) is 11.3 Å². The fourth-order valence-electron chi connectivity index (χ4n) is 2.27. The number of amides is 2. The predicted molar refractivity (Wildman–Crippen MR) is 78.9 cm³/mol. The molecule has 0 aromatic carbocycles. The van der Waals surface area contributed by atoms with Crippen molar-refractivity contribution in [2.75, 3.05) is 0 Å². The van der Waals surface area contributed by atoms with Crippen LogP contribution in [0.3, 0.4) is 0 Å². The van der Waals surface area contributed by atoms with Crippen LogP contribution in [0.1, 0.15) is 43.4 Å². The lowest BCUT2D eigenvalue weighted by molar-refractivity contribution is 0.235. The Morgan fingerprint density at radius 3 is 2.67 bits per heavy atom. The molecule has 1 heterocycles. The minimum atomic E-state index is -0.0357. The summed E-state index contributed by atoms with van der Waals surface area (Å²) in [6.07, 6.45) is 7.34. The number of halogens is 1. The maximum absolute atomic E-state index is 11.8. The third kappa shape index (κ3) is 4.61. The Morgan fingerprint density at radius 2 is 2.06 bits per heavy atom. The van der Waals surface area contributed by atoms with Gasteiger partial charge in [-0.2, -0.15) is 0 Å². The Labute approximate surface area is 120 Å². The summed E-state index contributed by atoms with van der Waals surface area (Å²) in [7, 11) is 0. The third-order valence-corrected chi connectivity index (χ3v) is 4.93. The first-order valence-corrected chi connectivity index (χ1v) is 8.18. The van der Waals surface area contributed by atoms with E-state index in [1.54, 1.807) is 11.3 Å². The van der Waals surface area contributed by atoms with Gasteiger partial charge in [0.05, 0.1) is 6.54 Å². The largest absolute Gasteiger partial charge is 0.335 e. The fraction of sp³-hybridized carbons (Fsp3) is 0.615. The van der Waals surface area contributed by atoms with Gasteiger partial charge in [-0.3, -0.25) is 0 Å². The van der Waals surface area contributed by atoms with Gasteiger partial charge in [-0.25, -0.2) is 4.79 Å². The maximum atomic E-state index is 11.8. The molecule has 1 aromatic heterocycles. The highest BCUT2D eigenvalue weighted by atomic mass is 79.9. The van der Waals surface area contributed by atoms with Crippen molar-refractivity contribution in [3.05, 3.63) is 20.8 Å². The van der Waals surface area contributed by atoms with Crippen LogP contribution in [0.25, 0.3) is 0 Å². The third-order valence-electron chi connectivity index (χ3n) is 3.24.